The number of phenols is 2. The maximum absolute atomic E-state index is 9.94. The van der Waals surface area contributed by atoms with E-state index < -0.39 is 14.0 Å². The highest BCUT2D eigenvalue weighted by Gasteiger charge is 2.47. The summed E-state index contributed by atoms with van der Waals surface area (Å²) in [7, 11) is -1.51. The normalized spacial score (nSPS) is 21.1. The van der Waals surface area contributed by atoms with Crippen LogP contribution in [0.3, 0.4) is 0 Å². The Kier molecular flexibility index (Phi) is 2.25. The van der Waals surface area contributed by atoms with Crippen LogP contribution in [-0.4, -0.2) is 10.2 Å². The van der Waals surface area contributed by atoms with Gasteiger partial charge in [-0.1, -0.05) is 13.8 Å². The van der Waals surface area contributed by atoms with Crippen LogP contribution >= 0.6 is 20.2 Å². The maximum Gasteiger partial charge on any atom is 0.530 e. The minimum atomic E-state index is -1.51. The van der Waals surface area contributed by atoms with Gasteiger partial charge in [0.2, 0.25) is 17.2 Å². The molecule has 2 aliphatic rings. The first-order chi connectivity index (χ1) is 8.00. The average Bonchev–Trinajstić information content (AvgIpc) is 2.86. The summed E-state index contributed by atoms with van der Waals surface area (Å²) >= 11 is 6.23. The van der Waals surface area contributed by atoms with E-state index in [4.69, 9.17) is 25.2 Å². The molecular formula is C10H10ClO5P. The van der Waals surface area contributed by atoms with Crippen molar-refractivity contribution in [2.75, 3.05) is 0 Å². The minimum Gasteiger partial charge on any atom is -0.504 e. The summed E-state index contributed by atoms with van der Waals surface area (Å²) in [6.07, 6.45) is 0. The van der Waals surface area contributed by atoms with Crippen molar-refractivity contribution in [3.8, 4) is 28.7 Å². The monoisotopic (exact) mass is 276 g/mol. The molecule has 2 atom stereocenters. The van der Waals surface area contributed by atoms with Crippen LogP contribution in [-0.2, 0) is 0 Å². The molecule has 17 heavy (non-hydrogen) atoms. The largest absolute Gasteiger partial charge is 0.530 e. The van der Waals surface area contributed by atoms with E-state index in [9.17, 15) is 10.2 Å². The average molecular weight is 277 g/mol. The van der Waals surface area contributed by atoms with Crippen molar-refractivity contribution >= 4 is 20.2 Å². The Hall–Kier alpha value is -1.06. The first-order valence-corrected chi connectivity index (χ1v) is 6.63. The molecule has 1 aromatic rings. The quantitative estimate of drug-likeness (QED) is 0.492. The van der Waals surface area contributed by atoms with Crippen molar-refractivity contribution in [2.45, 2.75) is 19.2 Å². The maximum atomic E-state index is 9.94. The predicted molar refractivity (Wildman–Crippen MR) is 62.0 cm³/mol. The van der Waals surface area contributed by atoms with E-state index in [1.165, 1.54) is 0 Å². The Morgan fingerprint density at radius 2 is 1.59 bits per heavy atom. The molecule has 0 saturated carbocycles. The zero-order chi connectivity index (χ0) is 12.3. The third-order valence-electron chi connectivity index (χ3n) is 2.71. The molecule has 7 heteroatoms. The second kappa shape index (κ2) is 3.47. The van der Waals surface area contributed by atoms with Crippen LogP contribution in [0, 0.1) is 5.92 Å². The van der Waals surface area contributed by atoms with Crippen LogP contribution in [0.15, 0.2) is 0 Å². The molecule has 2 heterocycles. The van der Waals surface area contributed by atoms with Crippen LogP contribution in [0.4, 0.5) is 0 Å². The third kappa shape index (κ3) is 1.36. The van der Waals surface area contributed by atoms with Crippen molar-refractivity contribution in [3.05, 3.63) is 5.56 Å². The van der Waals surface area contributed by atoms with Gasteiger partial charge in [0.1, 0.15) is 0 Å². The fourth-order valence-electron chi connectivity index (χ4n) is 1.80. The molecule has 0 saturated heterocycles. The van der Waals surface area contributed by atoms with E-state index in [1.807, 2.05) is 13.8 Å². The van der Waals surface area contributed by atoms with Gasteiger partial charge in [0.25, 0.3) is 0 Å². The topological polar surface area (TPSA) is 68.2 Å². The number of fused-ring (bicyclic) bond motifs is 1. The van der Waals surface area contributed by atoms with Gasteiger partial charge in [-0.15, -0.1) is 11.6 Å². The van der Waals surface area contributed by atoms with Crippen molar-refractivity contribution in [1.82, 2.24) is 0 Å². The highest BCUT2D eigenvalue weighted by molar-refractivity contribution is 7.44. The molecule has 3 rings (SSSR count). The Labute approximate surface area is 104 Å². The summed E-state index contributed by atoms with van der Waals surface area (Å²) in [5.41, 5.74) is 0.367. The summed E-state index contributed by atoms with van der Waals surface area (Å²) in [6.45, 7) is 3.82. The standard InChI is InChI=1S/C10H10ClO5P/c1-3(2)5(11)4-6(12)7(13)9-10-8(4)14-17(15-9)16-10/h3,5,12-13H,1-2H3. The van der Waals surface area contributed by atoms with Gasteiger partial charge >= 0.3 is 8.60 Å². The molecule has 0 fully saturated rings. The lowest BCUT2D eigenvalue weighted by atomic mass is 9.99. The van der Waals surface area contributed by atoms with Crippen LogP contribution in [0.1, 0.15) is 24.8 Å². The zero-order valence-electron chi connectivity index (χ0n) is 9.10. The number of phenolic OH excluding ortho intramolecular Hbond substituents is 2. The molecule has 2 N–H and O–H groups in total. The van der Waals surface area contributed by atoms with E-state index in [0.29, 0.717) is 17.1 Å². The number of halogens is 1. The van der Waals surface area contributed by atoms with Gasteiger partial charge in [0.05, 0.1) is 10.9 Å². The molecule has 2 unspecified atom stereocenters. The number of aromatic hydroxyl groups is 2. The number of rotatable bonds is 2. The summed E-state index contributed by atoms with van der Waals surface area (Å²) in [6, 6.07) is 0. The van der Waals surface area contributed by atoms with Gasteiger partial charge in [-0.3, -0.25) is 0 Å². The third-order valence-corrected chi connectivity index (χ3v) is 4.43. The molecule has 2 aliphatic heterocycles. The smallest absolute Gasteiger partial charge is 0.504 e. The molecule has 0 aromatic heterocycles. The first kappa shape index (κ1) is 11.1. The van der Waals surface area contributed by atoms with Crippen LogP contribution < -0.4 is 13.6 Å². The van der Waals surface area contributed by atoms with Crippen molar-refractivity contribution < 1.29 is 23.8 Å². The molecule has 0 amide bonds. The number of alkyl halides is 1. The second-order valence-corrected chi connectivity index (χ2v) is 5.71. The molecule has 0 radical (unpaired) electrons. The number of hydrogen-bond donors (Lipinski definition) is 2. The lowest BCUT2D eigenvalue weighted by Gasteiger charge is -2.20. The number of hydrogen-bond acceptors (Lipinski definition) is 5. The van der Waals surface area contributed by atoms with Crippen molar-refractivity contribution in [1.29, 1.82) is 0 Å². The fraction of sp³-hybridized carbons (Fsp3) is 0.400. The van der Waals surface area contributed by atoms with Gasteiger partial charge in [-0.05, 0) is 5.92 Å². The second-order valence-electron chi connectivity index (χ2n) is 4.24. The summed E-state index contributed by atoms with van der Waals surface area (Å²) in [4.78, 5) is 0. The fourth-order valence-corrected chi connectivity index (χ4v) is 3.08. The van der Waals surface area contributed by atoms with E-state index in [1.54, 1.807) is 0 Å². The lowest BCUT2D eigenvalue weighted by molar-refractivity contribution is 0.367. The van der Waals surface area contributed by atoms with Gasteiger partial charge in [0, 0.05) is 0 Å². The summed E-state index contributed by atoms with van der Waals surface area (Å²) in [5.74, 6) is 0.318. The summed E-state index contributed by atoms with van der Waals surface area (Å²) < 4.78 is 15.8. The molecule has 2 bridgehead atoms. The van der Waals surface area contributed by atoms with Gasteiger partial charge in [0.15, 0.2) is 11.5 Å². The first-order valence-electron chi connectivity index (χ1n) is 5.10. The van der Waals surface area contributed by atoms with Crippen LogP contribution in [0.25, 0.3) is 0 Å². The van der Waals surface area contributed by atoms with Crippen molar-refractivity contribution in [2.24, 2.45) is 5.92 Å². The zero-order valence-corrected chi connectivity index (χ0v) is 10.7. The highest BCUT2D eigenvalue weighted by Crippen LogP contribution is 2.71. The lowest BCUT2D eigenvalue weighted by Crippen LogP contribution is -2.04. The Morgan fingerprint density at radius 1 is 1.00 bits per heavy atom. The summed E-state index contributed by atoms with van der Waals surface area (Å²) in [5, 5.41) is 19.3. The Bertz CT molecular complexity index is 504. The number of benzene rings is 1. The van der Waals surface area contributed by atoms with Gasteiger partial charge in [-0.2, -0.15) is 0 Å². The molecule has 92 valence electrons. The Morgan fingerprint density at radius 3 is 2.18 bits per heavy atom. The van der Waals surface area contributed by atoms with Gasteiger partial charge < -0.3 is 23.8 Å². The molecule has 1 aromatic carbocycles. The molecular weight excluding hydrogens is 267 g/mol. The highest BCUT2D eigenvalue weighted by atomic mass is 35.5. The van der Waals surface area contributed by atoms with Gasteiger partial charge in [-0.25, -0.2) is 0 Å². The van der Waals surface area contributed by atoms with E-state index >= 15 is 0 Å². The van der Waals surface area contributed by atoms with E-state index in [2.05, 4.69) is 0 Å². The van der Waals surface area contributed by atoms with Crippen LogP contribution in [0.5, 0.6) is 28.7 Å². The molecule has 0 aliphatic carbocycles. The van der Waals surface area contributed by atoms with E-state index in [-0.39, 0.29) is 23.2 Å². The molecule has 5 nitrogen and oxygen atoms in total. The SMILES string of the molecule is CC(C)C(Cl)c1c(O)c(O)c2c3c1OP(O2)O3. The minimum absolute atomic E-state index is 0.0766. The molecule has 0 spiro atoms. The van der Waals surface area contributed by atoms with Crippen molar-refractivity contribution in [3.63, 3.8) is 0 Å². The Balaban J connectivity index is 2.23. The predicted octanol–water partition coefficient (Wildman–Crippen LogP) is 3.42. The van der Waals surface area contributed by atoms with Crippen LogP contribution in [0.2, 0.25) is 0 Å². The van der Waals surface area contributed by atoms with E-state index in [0.717, 1.165) is 0 Å².